The van der Waals surface area contributed by atoms with Crippen molar-refractivity contribution in [1.82, 2.24) is 15.2 Å². The van der Waals surface area contributed by atoms with E-state index in [0.29, 0.717) is 42.9 Å². The molecule has 274 valence electrons. The molecule has 3 amide bonds. The van der Waals surface area contributed by atoms with Crippen molar-refractivity contribution < 1.29 is 37.7 Å². The molecule has 0 saturated carbocycles. The first-order valence-electron chi connectivity index (χ1n) is 16.8. The van der Waals surface area contributed by atoms with Gasteiger partial charge in [0.25, 0.3) is 0 Å². The van der Waals surface area contributed by atoms with Crippen molar-refractivity contribution >= 4 is 29.0 Å². The highest BCUT2D eigenvalue weighted by atomic mass is 19.1. The number of halogens is 1. The topological polar surface area (TPSA) is 160 Å². The first-order chi connectivity index (χ1) is 23.4. The minimum absolute atomic E-state index is 0.0429. The highest BCUT2D eigenvalue weighted by Crippen LogP contribution is 2.36. The summed E-state index contributed by atoms with van der Waals surface area (Å²) >= 11 is 0. The number of nitrogens with two attached hydrogens (primary N) is 1. The molecular weight excluding hydrogens is 647 g/mol. The molecule has 0 aliphatic rings. The highest BCUT2D eigenvalue weighted by molar-refractivity contribution is 5.91. The third-order valence-electron chi connectivity index (χ3n) is 8.21. The molecule has 0 radical (unpaired) electrons. The van der Waals surface area contributed by atoms with Gasteiger partial charge in [-0.3, -0.25) is 9.59 Å². The van der Waals surface area contributed by atoms with E-state index in [4.69, 9.17) is 24.7 Å². The smallest absolute Gasteiger partial charge is 0.408 e. The number of ether oxygens (including phenoxy) is 4. The van der Waals surface area contributed by atoms with Gasteiger partial charge >= 0.3 is 12.2 Å². The Bertz CT molecular complexity index is 1710. The van der Waals surface area contributed by atoms with Crippen LogP contribution in [0.15, 0.2) is 47.4 Å². The zero-order valence-electron chi connectivity index (χ0n) is 30.4. The van der Waals surface area contributed by atoms with Crippen molar-refractivity contribution in [1.29, 1.82) is 0 Å². The van der Waals surface area contributed by atoms with Crippen molar-refractivity contribution in [3.63, 3.8) is 0 Å². The Morgan fingerprint density at radius 1 is 0.960 bits per heavy atom. The third kappa shape index (κ3) is 9.88. The van der Waals surface area contributed by atoms with Crippen LogP contribution in [0.5, 0.6) is 11.5 Å². The normalized spacial score (nSPS) is 12.9. The number of hydrogen-bond donors (Lipinski definition) is 3. The molecule has 2 aromatic carbocycles. The van der Waals surface area contributed by atoms with Crippen LogP contribution in [0.4, 0.5) is 14.0 Å². The fraction of sp³-hybridized carbons (Fsp3) is 0.514. The lowest BCUT2D eigenvalue weighted by atomic mass is 9.70. The second-order valence-corrected chi connectivity index (χ2v) is 14.1. The van der Waals surface area contributed by atoms with Crippen molar-refractivity contribution in [2.24, 2.45) is 11.1 Å². The van der Waals surface area contributed by atoms with Crippen molar-refractivity contribution in [2.75, 3.05) is 26.9 Å². The average Bonchev–Trinajstić information content (AvgIpc) is 3.03. The standard InChI is InChI=1S/C37H51FN4O8/c1-9-21-48-28-17-16-27(38)29-30(28)42(23-26(31(29)43)24-12-14-25(47-8)15-13-24)20-19-40-32(44)37(35(2,3)4,18-10-11-22-49-33(39)45)41-34(46)50-36(5,6)7/h12-17,23H,9-11,18-22H2,1-8H3,(H2,39,45)(H,40,44)(H,41,46)/t37-/m1/s1. The van der Waals surface area contributed by atoms with E-state index in [-0.39, 0.29) is 42.6 Å². The first-order valence-corrected chi connectivity index (χ1v) is 16.8. The molecule has 4 N–H and O–H groups in total. The predicted molar refractivity (Wildman–Crippen MR) is 190 cm³/mol. The molecule has 0 aliphatic heterocycles. The predicted octanol–water partition coefficient (Wildman–Crippen LogP) is 6.30. The molecule has 0 fully saturated rings. The zero-order valence-corrected chi connectivity index (χ0v) is 30.4. The summed E-state index contributed by atoms with van der Waals surface area (Å²) in [5.41, 5.74) is 2.58. The number of hydrogen-bond acceptors (Lipinski definition) is 8. The fourth-order valence-electron chi connectivity index (χ4n) is 5.66. The summed E-state index contributed by atoms with van der Waals surface area (Å²) in [7, 11) is 1.54. The van der Waals surface area contributed by atoms with Crippen LogP contribution in [0.2, 0.25) is 0 Å². The maximum atomic E-state index is 15.5. The molecule has 1 heterocycles. The summed E-state index contributed by atoms with van der Waals surface area (Å²) in [6.45, 7) is 13.2. The van der Waals surface area contributed by atoms with Crippen LogP contribution in [-0.2, 0) is 20.8 Å². The number of nitrogens with zero attached hydrogens (tertiary/aromatic N) is 1. The Hall–Kier alpha value is -4.81. The van der Waals surface area contributed by atoms with E-state index in [1.807, 2.05) is 27.7 Å². The molecule has 0 unspecified atom stereocenters. The van der Waals surface area contributed by atoms with Gasteiger partial charge in [-0.15, -0.1) is 0 Å². The van der Waals surface area contributed by atoms with Crippen molar-refractivity contribution in [3.05, 3.63) is 58.6 Å². The Balaban J connectivity index is 2.04. The van der Waals surface area contributed by atoms with Gasteiger partial charge in [-0.05, 0) is 81.7 Å². The Labute approximate surface area is 292 Å². The van der Waals surface area contributed by atoms with Crippen LogP contribution in [0.1, 0.15) is 74.1 Å². The lowest BCUT2D eigenvalue weighted by molar-refractivity contribution is -0.133. The molecule has 0 spiro atoms. The molecular formula is C37H51FN4O8. The van der Waals surface area contributed by atoms with Gasteiger partial charge in [0, 0.05) is 24.8 Å². The van der Waals surface area contributed by atoms with Crippen LogP contribution in [0.25, 0.3) is 22.0 Å². The van der Waals surface area contributed by atoms with Crippen molar-refractivity contribution in [3.8, 4) is 22.6 Å². The quantitative estimate of drug-likeness (QED) is 0.156. The van der Waals surface area contributed by atoms with Gasteiger partial charge in [0.1, 0.15) is 28.5 Å². The number of amides is 3. The number of primary amides is 1. The number of methoxy groups -OCH3 is 1. The highest BCUT2D eigenvalue weighted by Gasteiger charge is 2.49. The van der Waals surface area contributed by atoms with E-state index in [2.05, 4.69) is 10.6 Å². The van der Waals surface area contributed by atoms with Gasteiger partial charge in [-0.2, -0.15) is 0 Å². The number of carbonyl (C=O) groups excluding carboxylic acids is 3. The number of unbranched alkanes of at least 4 members (excludes halogenated alkanes) is 1. The second kappa shape index (κ2) is 16.7. The zero-order chi connectivity index (χ0) is 37.3. The minimum atomic E-state index is -1.45. The number of carbonyl (C=O) groups is 3. The Morgan fingerprint density at radius 2 is 1.64 bits per heavy atom. The second-order valence-electron chi connectivity index (χ2n) is 14.1. The molecule has 3 rings (SSSR count). The lowest BCUT2D eigenvalue weighted by Crippen LogP contribution is -2.66. The summed E-state index contributed by atoms with van der Waals surface area (Å²) in [5.74, 6) is -0.236. The van der Waals surface area contributed by atoms with Gasteiger partial charge in [0.05, 0.1) is 31.2 Å². The van der Waals surface area contributed by atoms with Crippen LogP contribution in [0, 0.1) is 11.2 Å². The third-order valence-corrected chi connectivity index (χ3v) is 8.21. The van der Waals surface area contributed by atoms with E-state index in [1.165, 1.54) is 19.2 Å². The van der Waals surface area contributed by atoms with Crippen LogP contribution in [-0.4, -0.2) is 60.7 Å². The van der Waals surface area contributed by atoms with Gasteiger partial charge in [0.2, 0.25) is 5.91 Å². The van der Waals surface area contributed by atoms with Gasteiger partial charge in [0.15, 0.2) is 5.43 Å². The fourth-order valence-corrected chi connectivity index (χ4v) is 5.66. The van der Waals surface area contributed by atoms with E-state index in [9.17, 15) is 19.2 Å². The van der Waals surface area contributed by atoms with Crippen molar-refractivity contribution in [2.45, 2.75) is 91.8 Å². The van der Waals surface area contributed by atoms with E-state index < -0.39 is 45.9 Å². The molecule has 0 saturated heterocycles. The summed E-state index contributed by atoms with van der Waals surface area (Å²) in [4.78, 5) is 52.3. The largest absolute Gasteiger partial charge is 0.497 e. The Kier molecular flexibility index (Phi) is 13.3. The maximum Gasteiger partial charge on any atom is 0.408 e. The van der Waals surface area contributed by atoms with E-state index in [0.717, 1.165) is 0 Å². The van der Waals surface area contributed by atoms with Gasteiger partial charge < -0.3 is 39.9 Å². The molecule has 1 atom stereocenters. The number of nitrogens with one attached hydrogen (secondary N) is 2. The van der Waals surface area contributed by atoms with Crippen LogP contribution < -0.4 is 31.3 Å². The molecule has 0 aliphatic carbocycles. The monoisotopic (exact) mass is 698 g/mol. The number of benzene rings is 2. The number of fused-ring (bicyclic) bond motifs is 1. The average molecular weight is 699 g/mol. The number of pyridine rings is 1. The number of aromatic nitrogens is 1. The summed E-state index contributed by atoms with van der Waals surface area (Å²) in [6, 6.07) is 9.57. The molecule has 12 nitrogen and oxygen atoms in total. The van der Waals surface area contributed by atoms with Crippen LogP contribution >= 0.6 is 0 Å². The van der Waals surface area contributed by atoms with E-state index >= 15 is 4.39 Å². The number of alkyl carbamates (subject to hydrolysis) is 1. The molecule has 3 aromatic rings. The Morgan fingerprint density at radius 3 is 2.22 bits per heavy atom. The number of rotatable bonds is 15. The van der Waals surface area contributed by atoms with Gasteiger partial charge in [-0.1, -0.05) is 39.8 Å². The lowest BCUT2D eigenvalue weighted by Gasteiger charge is -2.44. The van der Waals surface area contributed by atoms with Crippen LogP contribution in [0.3, 0.4) is 0 Å². The summed E-state index contributed by atoms with van der Waals surface area (Å²) < 4.78 is 38.8. The SMILES string of the molecule is CCCOc1ccc(F)c2c(=O)c(-c3ccc(OC)cc3)cn(CCNC(=O)[C@@](CCCCOC(N)=O)(NC(=O)OC(C)(C)C)C(C)(C)C)c12. The molecule has 50 heavy (non-hydrogen) atoms. The minimum Gasteiger partial charge on any atom is -0.497 e. The summed E-state index contributed by atoms with van der Waals surface area (Å²) in [6.07, 6.45) is 1.65. The summed E-state index contributed by atoms with van der Waals surface area (Å²) in [5, 5.41) is 5.70. The maximum absolute atomic E-state index is 15.5. The van der Waals surface area contributed by atoms with Gasteiger partial charge in [-0.25, -0.2) is 14.0 Å². The first kappa shape index (κ1) is 39.6. The molecule has 13 heteroatoms. The molecule has 0 bridgehead atoms. The molecule has 1 aromatic heterocycles. The van der Waals surface area contributed by atoms with E-state index in [1.54, 1.807) is 55.8 Å².